The van der Waals surface area contributed by atoms with E-state index in [2.05, 4.69) is 31.1 Å². The van der Waals surface area contributed by atoms with Crippen molar-refractivity contribution in [1.82, 2.24) is 10.6 Å². The van der Waals surface area contributed by atoms with E-state index in [1.807, 2.05) is 0 Å². The molecule has 0 aliphatic heterocycles. The molecule has 3 heteroatoms. The van der Waals surface area contributed by atoms with Gasteiger partial charge in [0.05, 0.1) is 6.54 Å². The normalized spacial score (nSPS) is 9.85. The zero-order valence-corrected chi connectivity index (χ0v) is 8.81. The Morgan fingerprint density at radius 3 is 2.54 bits per heavy atom. The van der Waals surface area contributed by atoms with E-state index in [1.165, 1.54) is 0 Å². The number of carbonyl (C=O) groups excluding carboxylic acids is 1. The average Bonchev–Trinajstić information content (AvgIpc) is 2.10. The molecule has 2 N–H and O–H groups in total. The number of likely N-dealkylation sites (N-methyl/N-ethyl adjacent to an activating group) is 1. The zero-order valence-electron chi connectivity index (χ0n) is 8.81. The Bertz CT molecular complexity index is 176. The van der Waals surface area contributed by atoms with Crippen molar-refractivity contribution < 1.29 is 4.79 Å². The highest BCUT2D eigenvalue weighted by atomic mass is 16.1. The molecule has 0 rings (SSSR count). The Hall–Kier alpha value is -0.990. The average molecular weight is 184 g/mol. The molecule has 0 atom stereocenters. The summed E-state index contributed by atoms with van der Waals surface area (Å²) >= 11 is 0. The van der Waals surface area contributed by atoms with Gasteiger partial charge < -0.3 is 10.6 Å². The third-order valence-electron chi connectivity index (χ3n) is 1.80. The predicted octanol–water partition coefficient (Wildman–Crippen LogP) is 1.27. The quantitative estimate of drug-likeness (QED) is 0.652. The molecule has 0 aromatic heterocycles. The molecule has 0 aliphatic carbocycles. The molecule has 0 heterocycles. The third kappa shape index (κ3) is 7.37. The van der Waals surface area contributed by atoms with Crippen molar-refractivity contribution in [2.75, 3.05) is 13.6 Å². The van der Waals surface area contributed by atoms with Crippen molar-refractivity contribution >= 4 is 5.91 Å². The van der Waals surface area contributed by atoms with E-state index < -0.39 is 0 Å². The standard InChI is InChI=1S/C10H20N2O/c1-8(2)5-6-10(13)12-7-9(3)11-4/h8,11H,3,5-7H2,1-2,4H3,(H,12,13). The monoisotopic (exact) mass is 184 g/mol. The molecule has 0 aromatic rings. The van der Waals surface area contributed by atoms with Crippen LogP contribution in [-0.2, 0) is 4.79 Å². The van der Waals surface area contributed by atoms with E-state index in [1.54, 1.807) is 7.05 Å². The van der Waals surface area contributed by atoms with Gasteiger partial charge in [0.1, 0.15) is 0 Å². The summed E-state index contributed by atoms with van der Waals surface area (Å²) in [6, 6.07) is 0. The molecule has 0 bridgehead atoms. The highest BCUT2D eigenvalue weighted by Gasteiger charge is 2.02. The first kappa shape index (κ1) is 12.0. The van der Waals surface area contributed by atoms with Crippen molar-refractivity contribution in [2.45, 2.75) is 26.7 Å². The molecule has 0 fully saturated rings. The van der Waals surface area contributed by atoms with E-state index in [-0.39, 0.29) is 5.91 Å². The summed E-state index contributed by atoms with van der Waals surface area (Å²) in [6.45, 7) is 8.46. The predicted molar refractivity (Wildman–Crippen MR) is 55.3 cm³/mol. The van der Waals surface area contributed by atoms with E-state index in [9.17, 15) is 4.79 Å². The second-order valence-electron chi connectivity index (χ2n) is 3.56. The van der Waals surface area contributed by atoms with Crippen LogP contribution in [0, 0.1) is 5.92 Å². The molecule has 76 valence electrons. The van der Waals surface area contributed by atoms with Crippen LogP contribution in [0.2, 0.25) is 0 Å². The highest BCUT2D eigenvalue weighted by Crippen LogP contribution is 2.02. The molecule has 13 heavy (non-hydrogen) atoms. The van der Waals surface area contributed by atoms with Crippen LogP contribution in [0.4, 0.5) is 0 Å². The summed E-state index contributed by atoms with van der Waals surface area (Å²) in [5.74, 6) is 0.684. The van der Waals surface area contributed by atoms with Gasteiger partial charge >= 0.3 is 0 Å². The van der Waals surface area contributed by atoms with Gasteiger partial charge in [0.15, 0.2) is 0 Å². The largest absolute Gasteiger partial charge is 0.390 e. The van der Waals surface area contributed by atoms with Crippen LogP contribution >= 0.6 is 0 Å². The maximum absolute atomic E-state index is 11.2. The molecule has 0 aromatic carbocycles. The maximum Gasteiger partial charge on any atom is 0.220 e. The van der Waals surface area contributed by atoms with Crippen molar-refractivity contribution in [1.29, 1.82) is 0 Å². The Kier molecular flexibility index (Phi) is 6.02. The second kappa shape index (κ2) is 6.52. The summed E-state index contributed by atoms with van der Waals surface area (Å²) in [4.78, 5) is 11.2. The number of amides is 1. The van der Waals surface area contributed by atoms with Gasteiger partial charge in [0.2, 0.25) is 5.91 Å². The van der Waals surface area contributed by atoms with Gasteiger partial charge in [-0.15, -0.1) is 0 Å². The number of carbonyl (C=O) groups is 1. The van der Waals surface area contributed by atoms with Crippen molar-refractivity contribution in [2.24, 2.45) is 5.92 Å². The molecule has 1 amide bonds. The van der Waals surface area contributed by atoms with Crippen molar-refractivity contribution in [3.05, 3.63) is 12.3 Å². The first-order valence-electron chi connectivity index (χ1n) is 4.68. The van der Waals surface area contributed by atoms with Gasteiger partial charge in [-0.05, 0) is 12.3 Å². The molecule has 0 radical (unpaired) electrons. The fourth-order valence-corrected chi connectivity index (χ4v) is 0.802. The van der Waals surface area contributed by atoms with Gasteiger partial charge in [-0.25, -0.2) is 0 Å². The summed E-state index contributed by atoms with van der Waals surface area (Å²) < 4.78 is 0. The summed E-state index contributed by atoms with van der Waals surface area (Å²) in [6.07, 6.45) is 1.55. The fraction of sp³-hybridized carbons (Fsp3) is 0.700. The Balaban J connectivity index is 3.46. The minimum atomic E-state index is 0.102. The molecule has 0 saturated carbocycles. The Morgan fingerprint density at radius 2 is 2.08 bits per heavy atom. The highest BCUT2D eigenvalue weighted by molar-refractivity contribution is 5.76. The molecular weight excluding hydrogens is 164 g/mol. The lowest BCUT2D eigenvalue weighted by atomic mass is 10.1. The van der Waals surface area contributed by atoms with Crippen LogP contribution in [0.25, 0.3) is 0 Å². The summed E-state index contributed by atoms with van der Waals surface area (Å²) in [5, 5.41) is 5.66. The lowest BCUT2D eigenvalue weighted by molar-refractivity contribution is -0.121. The molecular formula is C10H20N2O. The van der Waals surface area contributed by atoms with E-state index in [4.69, 9.17) is 0 Å². The Labute approximate surface area is 80.6 Å². The van der Waals surface area contributed by atoms with E-state index >= 15 is 0 Å². The van der Waals surface area contributed by atoms with Crippen LogP contribution in [0.15, 0.2) is 12.3 Å². The molecule has 0 aliphatic rings. The number of rotatable bonds is 6. The maximum atomic E-state index is 11.2. The second-order valence-corrected chi connectivity index (χ2v) is 3.56. The third-order valence-corrected chi connectivity index (χ3v) is 1.80. The number of hydrogen-bond acceptors (Lipinski definition) is 2. The topological polar surface area (TPSA) is 41.1 Å². The minimum Gasteiger partial charge on any atom is -0.390 e. The van der Waals surface area contributed by atoms with Gasteiger partial charge in [0, 0.05) is 19.2 Å². The summed E-state index contributed by atoms with van der Waals surface area (Å²) in [7, 11) is 1.79. The SMILES string of the molecule is C=C(CNC(=O)CCC(C)C)NC. The van der Waals surface area contributed by atoms with Crippen LogP contribution in [0.5, 0.6) is 0 Å². The molecule has 3 nitrogen and oxygen atoms in total. The van der Waals surface area contributed by atoms with Gasteiger partial charge in [-0.3, -0.25) is 4.79 Å². The van der Waals surface area contributed by atoms with Crippen molar-refractivity contribution in [3.8, 4) is 0 Å². The van der Waals surface area contributed by atoms with Crippen LogP contribution in [-0.4, -0.2) is 19.5 Å². The molecule has 0 unspecified atom stereocenters. The zero-order chi connectivity index (χ0) is 10.3. The van der Waals surface area contributed by atoms with Gasteiger partial charge in [-0.1, -0.05) is 20.4 Å². The first-order valence-corrected chi connectivity index (χ1v) is 4.68. The Morgan fingerprint density at radius 1 is 1.46 bits per heavy atom. The van der Waals surface area contributed by atoms with Crippen LogP contribution in [0.3, 0.4) is 0 Å². The molecule has 0 spiro atoms. The lowest BCUT2D eigenvalue weighted by Crippen LogP contribution is -2.28. The number of nitrogens with one attached hydrogen (secondary N) is 2. The minimum absolute atomic E-state index is 0.102. The van der Waals surface area contributed by atoms with Crippen LogP contribution in [0.1, 0.15) is 26.7 Å². The smallest absolute Gasteiger partial charge is 0.220 e. The fourth-order valence-electron chi connectivity index (χ4n) is 0.802. The van der Waals surface area contributed by atoms with Gasteiger partial charge in [0.25, 0.3) is 0 Å². The van der Waals surface area contributed by atoms with Crippen LogP contribution < -0.4 is 10.6 Å². The van der Waals surface area contributed by atoms with E-state index in [0.29, 0.717) is 18.9 Å². The number of hydrogen-bond donors (Lipinski definition) is 2. The lowest BCUT2D eigenvalue weighted by Gasteiger charge is -2.08. The molecule has 0 saturated heterocycles. The van der Waals surface area contributed by atoms with E-state index in [0.717, 1.165) is 12.1 Å². The van der Waals surface area contributed by atoms with Crippen molar-refractivity contribution in [3.63, 3.8) is 0 Å². The first-order chi connectivity index (χ1) is 6.06. The summed E-state index contributed by atoms with van der Waals surface area (Å²) in [5.41, 5.74) is 0.831. The van der Waals surface area contributed by atoms with Gasteiger partial charge in [-0.2, -0.15) is 0 Å².